The van der Waals surface area contributed by atoms with Gasteiger partial charge in [0.25, 0.3) is 5.91 Å². The molecule has 136 valence electrons. The van der Waals surface area contributed by atoms with Gasteiger partial charge in [-0.15, -0.1) is 11.3 Å². The van der Waals surface area contributed by atoms with Crippen LogP contribution in [0.5, 0.6) is 0 Å². The lowest BCUT2D eigenvalue weighted by molar-refractivity contribution is -0.137. The largest absolute Gasteiger partial charge is 0.416 e. The minimum Gasteiger partial charge on any atom is -0.351 e. The van der Waals surface area contributed by atoms with Crippen LogP contribution in [0.2, 0.25) is 0 Å². The summed E-state index contributed by atoms with van der Waals surface area (Å²) in [5, 5.41) is 6.93. The molecule has 0 radical (unpaired) electrons. The van der Waals surface area contributed by atoms with E-state index in [1.54, 1.807) is 17.5 Å². The third-order valence-electron chi connectivity index (χ3n) is 3.18. The van der Waals surface area contributed by atoms with E-state index in [0.29, 0.717) is 4.88 Å². The van der Waals surface area contributed by atoms with Gasteiger partial charge in [0.05, 0.1) is 17.0 Å². The summed E-state index contributed by atoms with van der Waals surface area (Å²) in [6.45, 7) is 0.192. The van der Waals surface area contributed by atoms with Gasteiger partial charge >= 0.3 is 6.18 Å². The van der Waals surface area contributed by atoms with Gasteiger partial charge in [0.2, 0.25) is 5.91 Å². The van der Waals surface area contributed by atoms with E-state index < -0.39 is 11.7 Å². The van der Waals surface area contributed by atoms with Crippen LogP contribution >= 0.6 is 11.3 Å². The molecule has 0 fully saturated rings. The summed E-state index contributed by atoms with van der Waals surface area (Å²) in [6, 6.07) is 8.11. The van der Waals surface area contributed by atoms with Gasteiger partial charge in [-0.25, -0.2) is 0 Å². The van der Waals surface area contributed by atoms with Crippen molar-refractivity contribution in [1.29, 1.82) is 0 Å². The Hall–Kier alpha value is -2.79. The minimum atomic E-state index is -4.42. The van der Waals surface area contributed by atoms with Crippen molar-refractivity contribution in [2.75, 3.05) is 13.1 Å². The van der Waals surface area contributed by atoms with Crippen LogP contribution in [0.3, 0.4) is 0 Å². The topological polar surface area (TPSA) is 58.2 Å². The highest BCUT2D eigenvalue weighted by molar-refractivity contribution is 7.12. The van der Waals surface area contributed by atoms with Crippen molar-refractivity contribution in [3.63, 3.8) is 0 Å². The maximum absolute atomic E-state index is 12.6. The number of hydrogen-bond acceptors (Lipinski definition) is 3. The maximum atomic E-state index is 12.6. The van der Waals surface area contributed by atoms with E-state index in [9.17, 15) is 22.8 Å². The number of halogens is 3. The number of alkyl halides is 3. The Bertz CT molecular complexity index is 821. The van der Waals surface area contributed by atoms with Crippen molar-refractivity contribution in [3.8, 4) is 11.8 Å². The summed E-state index contributed by atoms with van der Waals surface area (Å²) in [7, 11) is 0. The van der Waals surface area contributed by atoms with Crippen molar-refractivity contribution in [1.82, 2.24) is 10.6 Å². The lowest BCUT2D eigenvalue weighted by atomic mass is 10.1. The third-order valence-corrected chi connectivity index (χ3v) is 4.05. The van der Waals surface area contributed by atoms with Crippen LogP contribution in [0, 0.1) is 11.8 Å². The second-order valence-electron chi connectivity index (χ2n) is 5.14. The molecule has 2 N–H and O–H groups in total. The van der Waals surface area contributed by atoms with Gasteiger partial charge in [0, 0.05) is 18.5 Å². The van der Waals surface area contributed by atoms with Gasteiger partial charge in [0.15, 0.2) is 0 Å². The molecule has 1 aromatic carbocycles. The molecule has 0 aliphatic carbocycles. The zero-order valence-electron chi connectivity index (χ0n) is 13.5. The van der Waals surface area contributed by atoms with Crippen LogP contribution in [0.1, 0.15) is 27.2 Å². The number of carbonyl (C=O) groups is 2. The van der Waals surface area contributed by atoms with Gasteiger partial charge in [-0.2, -0.15) is 13.2 Å². The number of benzene rings is 1. The Morgan fingerprint density at radius 1 is 1.12 bits per heavy atom. The van der Waals surface area contributed by atoms with Gasteiger partial charge in [-0.3, -0.25) is 9.59 Å². The molecule has 1 aromatic heterocycles. The first kappa shape index (κ1) is 19.5. The fraction of sp³-hybridized carbons (Fsp3) is 0.222. The van der Waals surface area contributed by atoms with Gasteiger partial charge in [-0.1, -0.05) is 24.0 Å². The standard InChI is InChI=1S/C18H15F3N2O2S/c19-18(20,21)14-6-1-4-13(12-14)5-2-9-22-16(24)8-10-23-17(25)15-7-3-11-26-15/h1,3-4,6-7,11-12H,8-10H2,(H,22,24)(H,23,25). The van der Waals surface area contributed by atoms with E-state index in [4.69, 9.17) is 0 Å². The van der Waals surface area contributed by atoms with Crippen molar-refractivity contribution in [2.24, 2.45) is 0 Å². The second-order valence-corrected chi connectivity index (χ2v) is 6.09. The Morgan fingerprint density at radius 2 is 1.92 bits per heavy atom. The number of hydrogen-bond donors (Lipinski definition) is 2. The lowest BCUT2D eigenvalue weighted by Gasteiger charge is -2.05. The first-order valence-corrected chi connectivity index (χ1v) is 8.49. The Morgan fingerprint density at radius 3 is 2.62 bits per heavy atom. The van der Waals surface area contributed by atoms with Gasteiger partial charge in [0.1, 0.15) is 0 Å². The molecule has 0 atom stereocenters. The van der Waals surface area contributed by atoms with Crippen LogP contribution in [-0.2, 0) is 11.0 Å². The molecular weight excluding hydrogens is 365 g/mol. The van der Waals surface area contributed by atoms with Gasteiger partial charge < -0.3 is 10.6 Å². The minimum absolute atomic E-state index is 0.00789. The molecular formula is C18H15F3N2O2S. The molecule has 26 heavy (non-hydrogen) atoms. The van der Waals surface area contributed by atoms with Crippen molar-refractivity contribution in [3.05, 3.63) is 57.8 Å². The van der Waals surface area contributed by atoms with Crippen LogP contribution in [0.15, 0.2) is 41.8 Å². The molecule has 2 amide bonds. The van der Waals surface area contributed by atoms with E-state index in [0.717, 1.165) is 12.1 Å². The van der Waals surface area contributed by atoms with E-state index >= 15 is 0 Å². The van der Waals surface area contributed by atoms with E-state index in [2.05, 4.69) is 22.5 Å². The molecule has 0 aliphatic rings. The van der Waals surface area contributed by atoms with Crippen LogP contribution in [0.4, 0.5) is 13.2 Å². The zero-order valence-corrected chi connectivity index (χ0v) is 14.3. The first-order valence-electron chi connectivity index (χ1n) is 7.61. The lowest BCUT2D eigenvalue weighted by Crippen LogP contribution is -2.30. The molecule has 2 aromatic rings. The van der Waals surface area contributed by atoms with Crippen LogP contribution in [0.25, 0.3) is 0 Å². The van der Waals surface area contributed by atoms with Crippen LogP contribution < -0.4 is 10.6 Å². The molecule has 2 rings (SSSR count). The Labute approximate surface area is 152 Å². The highest BCUT2D eigenvalue weighted by Gasteiger charge is 2.30. The number of nitrogens with one attached hydrogen (secondary N) is 2. The molecule has 4 nitrogen and oxygen atoms in total. The smallest absolute Gasteiger partial charge is 0.351 e. The summed E-state index contributed by atoms with van der Waals surface area (Å²) >= 11 is 1.31. The SMILES string of the molecule is O=C(CCNC(=O)c1cccs1)NCC#Cc1cccc(C(F)(F)F)c1. The molecule has 0 unspecified atom stereocenters. The molecule has 8 heteroatoms. The molecule has 0 saturated carbocycles. The van der Waals surface area contributed by atoms with E-state index in [1.165, 1.54) is 23.5 Å². The van der Waals surface area contributed by atoms with Gasteiger partial charge in [-0.05, 0) is 29.6 Å². The second kappa shape index (κ2) is 9.06. The number of thiophene rings is 1. The predicted molar refractivity (Wildman–Crippen MR) is 92.6 cm³/mol. The molecule has 0 saturated heterocycles. The highest BCUT2D eigenvalue weighted by atomic mass is 32.1. The van der Waals surface area contributed by atoms with E-state index in [1.807, 2.05) is 0 Å². The molecule has 0 bridgehead atoms. The van der Waals surface area contributed by atoms with Crippen molar-refractivity contribution in [2.45, 2.75) is 12.6 Å². The third kappa shape index (κ3) is 6.26. The maximum Gasteiger partial charge on any atom is 0.416 e. The Kier molecular flexibility index (Phi) is 6.81. The van der Waals surface area contributed by atoms with E-state index in [-0.39, 0.29) is 36.9 Å². The molecule has 0 aliphatic heterocycles. The zero-order chi connectivity index (χ0) is 19.0. The summed E-state index contributed by atoms with van der Waals surface area (Å²) in [5.41, 5.74) is -0.549. The van der Waals surface area contributed by atoms with Crippen LogP contribution in [-0.4, -0.2) is 24.9 Å². The summed E-state index contributed by atoms with van der Waals surface area (Å²) < 4.78 is 37.8. The fourth-order valence-corrected chi connectivity index (χ4v) is 2.58. The number of carbonyl (C=O) groups excluding carboxylic acids is 2. The summed E-state index contributed by atoms with van der Waals surface area (Å²) in [4.78, 5) is 23.9. The average Bonchev–Trinajstić information content (AvgIpc) is 3.13. The predicted octanol–water partition coefficient (Wildman–Crippen LogP) is 3.05. The quantitative estimate of drug-likeness (QED) is 0.784. The van der Waals surface area contributed by atoms with Crippen molar-refractivity contribution < 1.29 is 22.8 Å². The number of amides is 2. The normalized spacial score (nSPS) is 10.6. The molecule has 0 spiro atoms. The summed E-state index contributed by atoms with van der Waals surface area (Å²) in [6.07, 6.45) is -4.33. The number of rotatable bonds is 5. The molecule has 1 heterocycles. The van der Waals surface area contributed by atoms with Crippen molar-refractivity contribution >= 4 is 23.2 Å². The first-order chi connectivity index (χ1) is 12.4. The monoisotopic (exact) mass is 380 g/mol. The Balaban J connectivity index is 1.72. The summed E-state index contributed by atoms with van der Waals surface area (Å²) in [5.74, 6) is 4.62. The fourth-order valence-electron chi connectivity index (χ4n) is 1.94. The highest BCUT2D eigenvalue weighted by Crippen LogP contribution is 2.29. The average molecular weight is 380 g/mol.